The van der Waals surface area contributed by atoms with Gasteiger partial charge in [0.25, 0.3) is 0 Å². The fraction of sp³-hybridized carbons (Fsp3) is 0.500. The summed E-state index contributed by atoms with van der Waals surface area (Å²) in [6.07, 6.45) is -15.0. The number of hydrogen-bond donors (Lipinski definition) is 0. The molecular formula is C8H2F14. The Labute approximate surface area is 111 Å². The molecule has 0 saturated carbocycles. The Hall–Kier alpha value is -1.50. The molecule has 0 aromatic heterocycles. The lowest BCUT2D eigenvalue weighted by molar-refractivity contribution is -0.271. The highest BCUT2D eigenvalue weighted by Crippen LogP contribution is 2.42. The molecule has 0 unspecified atom stereocenters. The van der Waals surface area contributed by atoms with Gasteiger partial charge in [0, 0.05) is 0 Å². The van der Waals surface area contributed by atoms with Crippen LogP contribution in [0.15, 0.2) is 24.3 Å². The van der Waals surface area contributed by atoms with E-state index in [1.165, 1.54) is 0 Å². The minimum absolute atomic E-state index is 1.42. The molecule has 0 spiro atoms. The third-order valence-electron chi connectivity index (χ3n) is 1.50. The van der Waals surface area contributed by atoms with Crippen LogP contribution in [0.4, 0.5) is 61.5 Å². The van der Waals surface area contributed by atoms with Gasteiger partial charge in [0.15, 0.2) is 0 Å². The Morgan fingerprint density at radius 2 is 0.682 bits per heavy atom. The van der Waals surface area contributed by atoms with Crippen LogP contribution in [0.1, 0.15) is 0 Å². The summed E-state index contributed by atoms with van der Waals surface area (Å²) < 4.78 is 157. The molecule has 0 aliphatic carbocycles. The van der Waals surface area contributed by atoms with Crippen LogP contribution in [0.25, 0.3) is 0 Å². The zero-order valence-corrected chi connectivity index (χ0v) is 9.45. The van der Waals surface area contributed by atoms with Crippen LogP contribution in [0.3, 0.4) is 0 Å². The summed E-state index contributed by atoms with van der Waals surface area (Å²) in [5.74, 6) is -17.8. The molecule has 0 N–H and O–H groups in total. The second-order valence-electron chi connectivity index (χ2n) is 3.06. The highest BCUT2D eigenvalue weighted by atomic mass is 19.4. The van der Waals surface area contributed by atoms with E-state index in [2.05, 4.69) is 0 Å². The number of hydrogen-bond acceptors (Lipinski definition) is 0. The molecule has 0 radical (unpaired) electrons. The molecule has 0 aromatic carbocycles. The zero-order valence-electron chi connectivity index (χ0n) is 9.45. The first-order chi connectivity index (χ1) is 9.46. The van der Waals surface area contributed by atoms with Gasteiger partial charge in [0.2, 0.25) is 11.7 Å². The van der Waals surface area contributed by atoms with Gasteiger partial charge < -0.3 is 0 Å². The van der Waals surface area contributed by atoms with Crippen LogP contribution in [0.5, 0.6) is 0 Å². The van der Waals surface area contributed by atoms with E-state index in [1.807, 2.05) is 0 Å². The highest BCUT2D eigenvalue weighted by Gasteiger charge is 2.62. The van der Waals surface area contributed by atoms with Crippen LogP contribution >= 0.6 is 0 Å². The normalized spacial score (nSPS) is 15.4. The molecule has 0 saturated heterocycles. The van der Waals surface area contributed by atoms with E-state index in [0.29, 0.717) is 0 Å². The van der Waals surface area contributed by atoms with Gasteiger partial charge in [0.05, 0.1) is 0 Å². The van der Waals surface area contributed by atoms with Crippen molar-refractivity contribution in [3.63, 3.8) is 0 Å². The topological polar surface area (TPSA) is 0 Å². The molecule has 0 fully saturated rings. The lowest BCUT2D eigenvalue weighted by atomic mass is 10.3. The van der Waals surface area contributed by atoms with Gasteiger partial charge in [-0.2, -0.15) is 43.9 Å². The van der Waals surface area contributed by atoms with Crippen molar-refractivity contribution in [3.05, 3.63) is 24.3 Å². The van der Waals surface area contributed by atoms with Crippen molar-refractivity contribution in [1.82, 2.24) is 0 Å². The fourth-order valence-corrected chi connectivity index (χ4v) is 0.408. The standard InChI is InChI=1S/2C4HF7/c2*5-1-2(6)3(7,8)4(9,10)11/h2*1H. The first kappa shape index (κ1) is 22.8. The largest absolute Gasteiger partial charge is 0.460 e. The molecule has 0 aliphatic heterocycles. The van der Waals surface area contributed by atoms with Crippen LogP contribution < -0.4 is 0 Å². The smallest absolute Gasteiger partial charge is 0.212 e. The third kappa shape index (κ3) is 5.36. The molecule has 0 heterocycles. The van der Waals surface area contributed by atoms with Crippen molar-refractivity contribution in [2.45, 2.75) is 24.2 Å². The van der Waals surface area contributed by atoms with Crippen LogP contribution in [0, 0.1) is 0 Å². The molecule has 14 heteroatoms. The number of alkyl halides is 10. The summed E-state index contributed by atoms with van der Waals surface area (Å²) in [5, 5.41) is 0. The van der Waals surface area contributed by atoms with Gasteiger partial charge in [-0.1, -0.05) is 0 Å². The van der Waals surface area contributed by atoms with Crippen molar-refractivity contribution in [2.24, 2.45) is 0 Å². The Morgan fingerprint density at radius 3 is 0.727 bits per heavy atom. The molecule has 132 valence electrons. The van der Waals surface area contributed by atoms with Crippen molar-refractivity contribution in [1.29, 1.82) is 0 Å². The maximum Gasteiger partial charge on any atom is 0.460 e. The summed E-state index contributed by atoms with van der Waals surface area (Å²) in [4.78, 5) is 0. The SMILES string of the molecule is FC=C(F)C(F)(F)C(F)(F)F.FC=C(F)C(F)(F)C(F)(F)F. The molecule has 0 nitrogen and oxygen atoms in total. The average molecular weight is 364 g/mol. The van der Waals surface area contributed by atoms with Crippen molar-refractivity contribution in [2.75, 3.05) is 0 Å². The van der Waals surface area contributed by atoms with E-state index in [1.54, 1.807) is 0 Å². The molecule has 0 atom stereocenters. The summed E-state index contributed by atoms with van der Waals surface area (Å²) in [7, 11) is 0. The van der Waals surface area contributed by atoms with E-state index in [-0.39, 0.29) is 0 Å². The van der Waals surface area contributed by atoms with E-state index in [9.17, 15) is 61.5 Å². The lowest BCUT2D eigenvalue weighted by Crippen LogP contribution is -2.36. The lowest BCUT2D eigenvalue weighted by Gasteiger charge is -2.16. The van der Waals surface area contributed by atoms with Gasteiger partial charge in [-0.15, -0.1) is 0 Å². The van der Waals surface area contributed by atoms with Crippen molar-refractivity contribution >= 4 is 0 Å². The van der Waals surface area contributed by atoms with Crippen LogP contribution in [-0.2, 0) is 0 Å². The molecule has 0 rings (SSSR count). The van der Waals surface area contributed by atoms with Gasteiger partial charge in [-0.3, -0.25) is 0 Å². The fourth-order valence-electron chi connectivity index (χ4n) is 0.408. The Balaban J connectivity index is 0. The molecular weight excluding hydrogens is 362 g/mol. The number of rotatable bonds is 2. The summed E-state index contributed by atoms with van der Waals surface area (Å²) in [6, 6.07) is 0. The third-order valence-corrected chi connectivity index (χ3v) is 1.50. The van der Waals surface area contributed by atoms with Crippen LogP contribution in [0.2, 0.25) is 0 Å². The quantitative estimate of drug-likeness (QED) is 0.533. The maximum atomic E-state index is 11.5. The molecule has 0 aromatic rings. The van der Waals surface area contributed by atoms with Gasteiger partial charge >= 0.3 is 24.2 Å². The second-order valence-corrected chi connectivity index (χ2v) is 3.06. The predicted molar refractivity (Wildman–Crippen MR) is 42.6 cm³/mol. The molecule has 0 bridgehead atoms. The summed E-state index contributed by atoms with van der Waals surface area (Å²) in [6.45, 7) is 0. The monoisotopic (exact) mass is 364 g/mol. The summed E-state index contributed by atoms with van der Waals surface area (Å²) >= 11 is 0. The predicted octanol–water partition coefficient (Wildman–Crippen LogP) is 5.93. The van der Waals surface area contributed by atoms with Crippen molar-refractivity contribution in [3.8, 4) is 0 Å². The zero-order chi connectivity index (χ0) is 18.6. The van der Waals surface area contributed by atoms with Crippen LogP contribution in [-0.4, -0.2) is 24.2 Å². The highest BCUT2D eigenvalue weighted by molar-refractivity contribution is 5.05. The van der Waals surface area contributed by atoms with Gasteiger partial charge in [0.1, 0.15) is 12.7 Å². The first-order valence-electron chi connectivity index (χ1n) is 4.28. The molecule has 0 amide bonds. The van der Waals surface area contributed by atoms with Gasteiger partial charge in [-0.25, -0.2) is 17.6 Å². The average Bonchev–Trinajstić information content (AvgIpc) is 2.34. The van der Waals surface area contributed by atoms with E-state index < -0.39 is 48.5 Å². The second kappa shape index (κ2) is 7.17. The Morgan fingerprint density at radius 1 is 0.500 bits per heavy atom. The molecule has 22 heavy (non-hydrogen) atoms. The number of halogens is 14. The minimum atomic E-state index is -6.10. The van der Waals surface area contributed by atoms with Gasteiger partial charge in [-0.05, 0) is 0 Å². The van der Waals surface area contributed by atoms with E-state index in [0.717, 1.165) is 0 Å². The summed E-state index contributed by atoms with van der Waals surface area (Å²) in [5.41, 5.74) is 0. The maximum absolute atomic E-state index is 11.5. The first-order valence-corrected chi connectivity index (χ1v) is 4.28. The van der Waals surface area contributed by atoms with Crippen molar-refractivity contribution < 1.29 is 61.5 Å². The minimum Gasteiger partial charge on any atom is -0.212 e. The Bertz CT molecular complexity index is 368. The van der Waals surface area contributed by atoms with E-state index >= 15 is 0 Å². The van der Waals surface area contributed by atoms with E-state index in [4.69, 9.17) is 0 Å². The molecule has 0 aliphatic rings. The Kier molecular flexibility index (Phi) is 7.43. The number of allylic oxidation sites excluding steroid dienone is 2.